The summed E-state index contributed by atoms with van der Waals surface area (Å²) in [5.41, 5.74) is 0. The maximum atomic E-state index is 12.8. The molecule has 0 spiro atoms. The molecule has 1 aromatic carbocycles. The Bertz CT molecular complexity index is 452. The second-order valence-corrected chi connectivity index (χ2v) is 6.69. The number of halogens is 1. The van der Waals surface area contributed by atoms with Crippen LogP contribution >= 0.6 is 11.8 Å². The number of thioether (sulfide) groups is 1. The molecule has 0 radical (unpaired) electrons. The maximum Gasteiger partial charge on any atom is 0.223 e. The smallest absolute Gasteiger partial charge is 0.223 e. The van der Waals surface area contributed by atoms with Crippen LogP contribution in [0.1, 0.15) is 26.2 Å². The highest BCUT2D eigenvalue weighted by Gasteiger charge is 2.24. The molecule has 1 fully saturated rings. The molecule has 1 saturated heterocycles. The molecular formula is C16H23FN2OS. The van der Waals surface area contributed by atoms with Crippen LogP contribution in [-0.4, -0.2) is 30.8 Å². The Labute approximate surface area is 130 Å². The average molecular weight is 310 g/mol. The van der Waals surface area contributed by atoms with Crippen LogP contribution in [-0.2, 0) is 4.79 Å². The lowest BCUT2D eigenvalue weighted by atomic mass is 9.92. The van der Waals surface area contributed by atoms with Gasteiger partial charge in [0, 0.05) is 23.4 Å². The molecule has 1 aromatic rings. The van der Waals surface area contributed by atoms with Gasteiger partial charge in [0.1, 0.15) is 5.82 Å². The van der Waals surface area contributed by atoms with Crippen molar-refractivity contribution in [2.75, 3.05) is 18.8 Å². The molecule has 0 unspecified atom stereocenters. The summed E-state index contributed by atoms with van der Waals surface area (Å²) in [6, 6.07) is 6.96. The number of nitrogens with one attached hydrogen (secondary N) is 2. The highest BCUT2D eigenvalue weighted by Crippen LogP contribution is 2.19. The van der Waals surface area contributed by atoms with E-state index in [1.807, 2.05) is 0 Å². The molecule has 2 N–H and O–H groups in total. The standard InChI is InChI=1S/C16H23FN2OS/c1-12-11-13(7-9-18-12)16(20)19-8-2-10-21-15-5-3-14(17)4-6-15/h3-6,12-13,18H,2,7-11H2,1H3,(H,19,20)/t12-,13-/m0/s1. The number of carbonyl (C=O) groups excluding carboxylic acids is 1. The molecule has 0 aliphatic carbocycles. The summed E-state index contributed by atoms with van der Waals surface area (Å²) in [6.07, 6.45) is 2.78. The van der Waals surface area contributed by atoms with Crippen molar-refractivity contribution in [3.05, 3.63) is 30.1 Å². The predicted octanol–water partition coefficient (Wildman–Crippen LogP) is 2.81. The molecular weight excluding hydrogens is 287 g/mol. The zero-order valence-electron chi connectivity index (χ0n) is 12.4. The van der Waals surface area contributed by atoms with Crippen LogP contribution in [0.15, 0.2) is 29.2 Å². The zero-order valence-corrected chi connectivity index (χ0v) is 13.2. The number of hydrogen-bond donors (Lipinski definition) is 2. The highest BCUT2D eigenvalue weighted by atomic mass is 32.2. The van der Waals surface area contributed by atoms with Crippen LogP contribution < -0.4 is 10.6 Å². The Hall–Kier alpha value is -1.07. The Morgan fingerprint density at radius 1 is 1.43 bits per heavy atom. The molecule has 0 saturated carbocycles. The van der Waals surface area contributed by atoms with E-state index in [1.54, 1.807) is 23.9 Å². The fourth-order valence-electron chi connectivity index (χ4n) is 2.52. The summed E-state index contributed by atoms with van der Waals surface area (Å²) in [5.74, 6) is 1.07. The fourth-order valence-corrected chi connectivity index (χ4v) is 3.37. The highest BCUT2D eigenvalue weighted by molar-refractivity contribution is 7.99. The lowest BCUT2D eigenvalue weighted by Crippen LogP contribution is -2.42. The molecule has 0 aromatic heterocycles. The average Bonchev–Trinajstić information content (AvgIpc) is 2.48. The minimum atomic E-state index is -0.206. The van der Waals surface area contributed by atoms with Crippen molar-refractivity contribution in [3.63, 3.8) is 0 Å². The summed E-state index contributed by atoms with van der Waals surface area (Å²) in [4.78, 5) is 13.1. The van der Waals surface area contributed by atoms with Gasteiger partial charge in [-0.2, -0.15) is 0 Å². The van der Waals surface area contributed by atoms with E-state index >= 15 is 0 Å². The largest absolute Gasteiger partial charge is 0.356 e. The van der Waals surface area contributed by atoms with Crippen molar-refractivity contribution in [1.82, 2.24) is 10.6 Å². The van der Waals surface area contributed by atoms with E-state index in [2.05, 4.69) is 17.6 Å². The lowest BCUT2D eigenvalue weighted by Gasteiger charge is -2.27. The van der Waals surface area contributed by atoms with Crippen molar-refractivity contribution < 1.29 is 9.18 Å². The molecule has 5 heteroatoms. The van der Waals surface area contributed by atoms with Crippen molar-refractivity contribution >= 4 is 17.7 Å². The van der Waals surface area contributed by atoms with Gasteiger partial charge >= 0.3 is 0 Å². The molecule has 1 amide bonds. The summed E-state index contributed by atoms with van der Waals surface area (Å²) in [5, 5.41) is 6.38. The minimum absolute atomic E-state index is 0.158. The molecule has 1 aliphatic heterocycles. The first-order valence-electron chi connectivity index (χ1n) is 7.54. The molecule has 1 aliphatic rings. The van der Waals surface area contributed by atoms with E-state index < -0.39 is 0 Å². The number of benzene rings is 1. The molecule has 3 nitrogen and oxygen atoms in total. The van der Waals surface area contributed by atoms with E-state index in [4.69, 9.17) is 0 Å². The van der Waals surface area contributed by atoms with Gasteiger partial charge in [0.05, 0.1) is 0 Å². The summed E-state index contributed by atoms with van der Waals surface area (Å²) < 4.78 is 12.8. The van der Waals surface area contributed by atoms with Crippen LogP contribution in [0, 0.1) is 11.7 Å². The second kappa shape index (κ2) is 8.39. The van der Waals surface area contributed by atoms with E-state index in [0.29, 0.717) is 12.6 Å². The molecule has 1 heterocycles. The lowest BCUT2D eigenvalue weighted by molar-refractivity contribution is -0.126. The van der Waals surface area contributed by atoms with Gasteiger partial charge in [0.15, 0.2) is 0 Å². The SMILES string of the molecule is C[C@H]1C[C@@H](C(=O)NCCCSc2ccc(F)cc2)CCN1. The molecule has 21 heavy (non-hydrogen) atoms. The first-order valence-corrected chi connectivity index (χ1v) is 8.53. The Balaban J connectivity index is 1.59. The van der Waals surface area contributed by atoms with Gasteiger partial charge in [-0.25, -0.2) is 4.39 Å². The topological polar surface area (TPSA) is 41.1 Å². The number of rotatable bonds is 6. The monoisotopic (exact) mass is 310 g/mol. The van der Waals surface area contributed by atoms with Gasteiger partial charge in [-0.1, -0.05) is 0 Å². The number of amides is 1. The molecule has 0 bridgehead atoms. The van der Waals surface area contributed by atoms with E-state index in [-0.39, 0.29) is 17.6 Å². The number of hydrogen-bond acceptors (Lipinski definition) is 3. The first-order chi connectivity index (χ1) is 10.1. The maximum absolute atomic E-state index is 12.8. The third-order valence-electron chi connectivity index (χ3n) is 3.70. The molecule has 2 atom stereocenters. The third kappa shape index (κ3) is 5.67. The van der Waals surface area contributed by atoms with E-state index in [9.17, 15) is 9.18 Å². The van der Waals surface area contributed by atoms with E-state index in [0.717, 1.165) is 36.5 Å². The summed E-state index contributed by atoms with van der Waals surface area (Å²) >= 11 is 1.69. The van der Waals surface area contributed by atoms with Gasteiger partial charge in [-0.15, -0.1) is 11.8 Å². The van der Waals surface area contributed by atoms with Gasteiger partial charge < -0.3 is 10.6 Å². The molecule has 2 rings (SSSR count). The van der Waals surface area contributed by atoms with Crippen LogP contribution in [0.25, 0.3) is 0 Å². The molecule has 116 valence electrons. The zero-order chi connectivity index (χ0) is 15.1. The van der Waals surface area contributed by atoms with Gasteiger partial charge in [-0.05, 0) is 62.7 Å². The Kier molecular flexibility index (Phi) is 6.51. The van der Waals surface area contributed by atoms with Crippen LogP contribution in [0.2, 0.25) is 0 Å². The fraction of sp³-hybridized carbons (Fsp3) is 0.562. The third-order valence-corrected chi connectivity index (χ3v) is 4.80. The normalized spacial score (nSPS) is 22.0. The number of carbonyl (C=O) groups is 1. The van der Waals surface area contributed by atoms with Crippen LogP contribution in [0.4, 0.5) is 4.39 Å². The van der Waals surface area contributed by atoms with Crippen molar-refractivity contribution in [1.29, 1.82) is 0 Å². The quantitative estimate of drug-likeness (QED) is 0.627. The van der Waals surface area contributed by atoms with Gasteiger partial charge in [-0.3, -0.25) is 4.79 Å². The summed E-state index contributed by atoms with van der Waals surface area (Å²) in [7, 11) is 0. The van der Waals surface area contributed by atoms with E-state index in [1.165, 1.54) is 12.1 Å². The van der Waals surface area contributed by atoms with Crippen molar-refractivity contribution in [3.8, 4) is 0 Å². The predicted molar refractivity (Wildman–Crippen MR) is 84.9 cm³/mol. The number of piperidine rings is 1. The summed E-state index contributed by atoms with van der Waals surface area (Å²) in [6.45, 7) is 3.77. The minimum Gasteiger partial charge on any atom is -0.356 e. The van der Waals surface area contributed by atoms with Crippen LogP contribution in [0.3, 0.4) is 0 Å². The first kappa shape index (κ1) is 16.3. The second-order valence-electron chi connectivity index (χ2n) is 5.52. The Morgan fingerprint density at radius 2 is 2.19 bits per heavy atom. The van der Waals surface area contributed by atoms with Crippen molar-refractivity contribution in [2.45, 2.75) is 37.1 Å². The van der Waals surface area contributed by atoms with Gasteiger partial charge in [0.25, 0.3) is 0 Å². The van der Waals surface area contributed by atoms with Crippen molar-refractivity contribution in [2.24, 2.45) is 5.92 Å². The van der Waals surface area contributed by atoms with Gasteiger partial charge in [0.2, 0.25) is 5.91 Å². The Morgan fingerprint density at radius 3 is 2.90 bits per heavy atom. The van der Waals surface area contributed by atoms with Crippen LogP contribution in [0.5, 0.6) is 0 Å².